The smallest absolute Gasteiger partial charge is 0.238 e. The molecule has 0 aromatic heterocycles. The highest BCUT2D eigenvalue weighted by Crippen LogP contribution is 2.20. The Morgan fingerprint density at radius 2 is 1.92 bits per heavy atom. The van der Waals surface area contributed by atoms with Gasteiger partial charge in [-0.2, -0.15) is 0 Å². The first-order valence-corrected chi connectivity index (χ1v) is 11.0. The highest BCUT2D eigenvalue weighted by atomic mass is 32.2. The summed E-state index contributed by atoms with van der Waals surface area (Å²) in [6.07, 6.45) is 2.93. The summed E-state index contributed by atoms with van der Waals surface area (Å²) in [6, 6.07) is 6.35. The number of hydrogen-bond acceptors (Lipinski definition) is 5. The van der Waals surface area contributed by atoms with Gasteiger partial charge in [0.15, 0.2) is 0 Å². The quantitative estimate of drug-likeness (QED) is 0.702. The van der Waals surface area contributed by atoms with E-state index in [1.165, 1.54) is 23.9 Å². The van der Waals surface area contributed by atoms with Gasteiger partial charge >= 0.3 is 0 Å². The van der Waals surface area contributed by atoms with E-state index in [2.05, 4.69) is 10.2 Å². The lowest BCUT2D eigenvalue weighted by atomic mass is 10.1. The number of sulfonamides is 1. The van der Waals surface area contributed by atoms with E-state index in [1.54, 1.807) is 12.1 Å². The second-order valence-electron chi connectivity index (χ2n) is 5.95. The van der Waals surface area contributed by atoms with Crippen LogP contribution in [-0.2, 0) is 21.2 Å². The molecule has 0 bridgehead atoms. The normalized spacial score (nSPS) is 15.8. The first kappa shape index (κ1) is 20.2. The molecule has 9 heteroatoms. The van der Waals surface area contributed by atoms with E-state index in [9.17, 15) is 13.2 Å². The van der Waals surface area contributed by atoms with Gasteiger partial charge in [-0.05, 0) is 43.9 Å². The van der Waals surface area contributed by atoms with E-state index in [0.29, 0.717) is 13.0 Å². The molecule has 1 fully saturated rings. The summed E-state index contributed by atoms with van der Waals surface area (Å²) >= 11 is 6.81. The van der Waals surface area contributed by atoms with Crippen molar-refractivity contribution in [2.24, 2.45) is 5.14 Å². The Balaban J connectivity index is 1.74. The van der Waals surface area contributed by atoms with Crippen LogP contribution in [0.15, 0.2) is 29.2 Å². The highest BCUT2D eigenvalue weighted by molar-refractivity contribution is 8.23. The Kier molecular flexibility index (Phi) is 7.24. The fourth-order valence-corrected chi connectivity index (χ4v) is 4.45. The van der Waals surface area contributed by atoms with E-state index in [-0.39, 0.29) is 16.1 Å². The summed E-state index contributed by atoms with van der Waals surface area (Å²) in [5.74, 6) is -0.0484. The minimum atomic E-state index is -3.67. The van der Waals surface area contributed by atoms with Crippen LogP contribution in [0.2, 0.25) is 0 Å². The number of nitrogens with one attached hydrogen (secondary N) is 1. The zero-order valence-corrected chi connectivity index (χ0v) is 16.6. The number of carbonyl (C=O) groups excluding carboxylic acids is 1. The van der Waals surface area contributed by atoms with Crippen molar-refractivity contribution in [3.63, 3.8) is 0 Å². The van der Waals surface area contributed by atoms with Gasteiger partial charge in [0, 0.05) is 19.6 Å². The summed E-state index contributed by atoms with van der Waals surface area (Å²) in [7, 11) is -3.67. The number of carbonyl (C=O) groups is 1. The zero-order valence-electron chi connectivity index (χ0n) is 14.1. The minimum Gasteiger partial charge on any atom is -0.358 e. The molecular formula is C16H23N3O3S3. The SMILES string of the molecule is C[C@@H](SC(=S)N1CCCC1)C(=O)NCCc1ccc(S(N)(=O)=O)cc1. The molecule has 0 spiro atoms. The van der Waals surface area contributed by atoms with Gasteiger partial charge in [-0.25, -0.2) is 13.6 Å². The number of likely N-dealkylation sites (tertiary alicyclic amines) is 1. The molecule has 0 aliphatic carbocycles. The van der Waals surface area contributed by atoms with Gasteiger partial charge < -0.3 is 10.2 Å². The van der Waals surface area contributed by atoms with Crippen LogP contribution < -0.4 is 10.5 Å². The monoisotopic (exact) mass is 401 g/mol. The minimum absolute atomic E-state index is 0.0484. The van der Waals surface area contributed by atoms with E-state index in [1.807, 2.05) is 6.92 Å². The van der Waals surface area contributed by atoms with Crippen molar-refractivity contribution in [2.75, 3.05) is 19.6 Å². The number of primary sulfonamides is 1. The molecule has 1 heterocycles. The number of hydrogen-bond donors (Lipinski definition) is 2. The predicted octanol–water partition coefficient (Wildman–Crippen LogP) is 1.50. The number of nitrogens with two attached hydrogens (primary N) is 1. The molecule has 1 aromatic rings. The van der Waals surface area contributed by atoms with Crippen molar-refractivity contribution in [1.29, 1.82) is 0 Å². The van der Waals surface area contributed by atoms with E-state index in [0.717, 1.165) is 35.8 Å². The van der Waals surface area contributed by atoms with Gasteiger partial charge in [-0.1, -0.05) is 36.1 Å². The lowest BCUT2D eigenvalue weighted by molar-refractivity contribution is -0.120. The van der Waals surface area contributed by atoms with Gasteiger partial charge in [0.2, 0.25) is 15.9 Å². The molecule has 2 rings (SSSR count). The first-order valence-electron chi connectivity index (χ1n) is 8.12. The summed E-state index contributed by atoms with van der Waals surface area (Å²) < 4.78 is 23.2. The van der Waals surface area contributed by atoms with Crippen molar-refractivity contribution in [2.45, 2.75) is 36.3 Å². The number of benzene rings is 1. The number of amides is 1. The summed E-state index contributed by atoms with van der Waals surface area (Å²) in [6.45, 7) is 4.29. The molecule has 1 aliphatic heterocycles. The van der Waals surface area contributed by atoms with Gasteiger partial charge in [0.25, 0.3) is 0 Å². The van der Waals surface area contributed by atoms with E-state index >= 15 is 0 Å². The van der Waals surface area contributed by atoms with Crippen LogP contribution in [0.5, 0.6) is 0 Å². The molecule has 0 radical (unpaired) electrons. The first-order chi connectivity index (χ1) is 11.8. The molecule has 1 aliphatic rings. The van der Waals surface area contributed by atoms with Crippen molar-refractivity contribution >= 4 is 44.2 Å². The van der Waals surface area contributed by atoms with Crippen LogP contribution in [0.3, 0.4) is 0 Å². The molecule has 3 N–H and O–H groups in total. The number of thiocarbonyl (C=S) groups is 1. The van der Waals surface area contributed by atoms with E-state index in [4.69, 9.17) is 17.4 Å². The fraction of sp³-hybridized carbons (Fsp3) is 0.500. The largest absolute Gasteiger partial charge is 0.358 e. The topological polar surface area (TPSA) is 92.5 Å². The second-order valence-corrected chi connectivity index (χ2v) is 9.49. The molecule has 6 nitrogen and oxygen atoms in total. The van der Waals surface area contributed by atoms with Crippen molar-refractivity contribution < 1.29 is 13.2 Å². The third-order valence-electron chi connectivity index (χ3n) is 3.98. The Morgan fingerprint density at radius 1 is 1.32 bits per heavy atom. The Labute approximate surface area is 158 Å². The molecule has 0 saturated carbocycles. The maximum absolute atomic E-state index is 12.2. The zero-order chi connectivity index (χ0) is 18.4. The van der Waals surface area contributed by atoms with Crippen LogP contribution in [-0.4, -0.2) is 48.4 Å². The average molecular weight is 402 g/mol. The average Bonchev–Trinajstić information content (AvgIpc) is 3.09. The number of rotatable bonds is 6. The van der Waals surface area contributed by atoms with Gasteiger partial charge in [0.1, 0.15) is 4.32 Å². The predicted molar refractivity (Wildman–Crippen MR) is 105 cm³/mol. The van der Waals surface area contributed by atoms with Crippen LogP contribution in [0.4, 0.5) is 0 Å². The lowest BCUT2D eigenvalue weighted by Crippen LogP contribution is -2.35. The summed E-state index contributed by atoms with van der Waals surface area (Å²) in [4.78, 5) is 14.4. The second kappa shape index (κ2) is 8.98. The summed E-state index contributed by atoms with van der Waals surface area (Å²) in [5, 5.41) is 7.72. The molecule has 1 aromatic carbocycles. The maximum Gasteiger partial charge on any atom is 0.238 e. The van der Waals surface area contributed by atoms with E-state index < -0.39 is 10.0 Å². The van der Waals surface area contributed by atoms with Crippen LogP contribution in [0, 0.1) is 0 Å². The molecule has 25 heavy (non-hydrogen) atoms. The molecule has 1 saturated heterocycles. The van der Waals surface area contributed by atoms with Crippen molar-refractivity contribution in [1.82, 2.24) is 10.2 Å². The van der Waals surface area contributed by atoms with Gasteiger partial charge in [0.05, 0.1) is 10.1 Å². The standard InChI is InChI=1S/C16H23N3O3S3/c1-12(24-16(23)19-10-2-3-11-19)15(20)18-9-8-13-4-6-14(7-5-13)25(17,21)22/h4-7,12H,2-3,8-11H2,1H3,(H,18,20)(H2,17,21,22)/t12-/m1/s1. The third kappa shape index (κ3) is 6.25. The Hall–Kier alpha value is -1.16. The molecular weight excluding hydrogens is 378 g/mol. The van der Waals surface area contributed by atoms with Gasteiger partial charge in [-0.3, -0.25) is 4.79 Å². The molecule has 1 amide bonds. The lowest BCUT2D eigenvalue weighted by Gasteiger charge is -2.20. The summed E-state index contributed by atoms with van der Waals surface area (Å²) in [5.41, 5.74) is 0.931. The number of nitrogens with zero attached hydrogens (tertiary/aromatic N) is 1. The Morgan fingerprint density at radius 3 is 2.48 bits per heavy atom. The fourth-order valence-electron chi connectivity index (χ4n) is 2.50. The molecule has 138 valence electrons. The Bertz CT molecular complexity index is 714. The highest BCUT2D eigenvalue weighted by Gasteiger charge is 2.21. The molecule has 0 unspecified atom stereocenters. The van der Waals surface area contributed by atoms with Gasteiger partial charge in [-0.15, -0.1) is 0 Å². The van der Waals surface area contributed by atoms with Crippen LogP contribution >= 0.6 is 24.0 Å². The molecule has 1 atom stereocenters. The maximum atomic E-state index is 12.2. The third-order valence-corrected chi connectivity index (χ3v) is 6.48. The number of thioether (sulfide) groups is 1. The van der Waals surface area contributed by atoms with Crippen LogP contribution in [0.25, 0.3) is 0 Å². The van der Waals surface area contributed by atoms with Crippen molar-refractivity contribution in [3.8, 4) is 0 Å². The van der Waals surface area contributed by atoms with Crippen molar-refractivity contribution in [3.05, 3.63) is 29.8 Å². The van der Waals surface area contributed by atoms with Crippen LogP contribution in [0.1, 0.15) is 25.3 Å².